The number of hydrogen-bond donors (Lipinski definition) is 2. The summed E-state index contributed by atoms with van der Waals surface area (Å²) < 4.78 is 20.7. The van der Waals surface area contributed by atoms with Crippen molar-refractivity contribution in [2.75, 3.05) is 11.9 Å². The molecule has 0 fully saturated rings. The molecule has 0 unspecified atom stereocenters. The maximum absolute atomic E-state index is 14.3. The third-order valence-corrected chi connectivity index (χ3v) is 5.15. The van der Waals surface area contributed by atoms with Crippen LogP contribution in [0.15, 0.2) is 71.1 Å². The number of ketones is 1. The highest BCUT2D eigenvalue weighted by Crippen LogP contribution is 2.25. The molecule has 0 atom stereocenters. The van der Waals surface area contributed by atoms with Crippen LogP contribution in [0.25, 0.3) is 22.9 Å². The number of hydrogen-bond acceptors (Lipinski definition) is 8. The van der Waals surface area contributed by atoms with E-state index in [9.17, 15) is 18.8 Å². The van der Waals surface area contributed by atoms with Crippen molar-refractivity contribution in [3.8, 4) is 22.9 Å². The third-order valence-electron chi connectivity index (χ3n) is 5.15. The Hall–Kier alpha value is -5.00. The SMILES string of the molecule is O=C(Nc1ccnc(-c2cc(-c3ccon3)n(Cc3ccccc3F)n2)n1)C(=O)C1=CCNC1=O. The third kappa shape index (κ3) is 4.44. The van der Waals surface area contributed by atoms with Gasteiger partial charge >= 0.3 is 0 Å². The smallest absolute Gasteiger partial charge is 0.298 e. The highest BCUT2D eigenvalue weighted by molar-refractivity contribution is 6.52. The average Bonchev–Trinajstić information content (AvgIpc) is 3.61. The molecule has 5 rings (SSSR count). The lowest BCUT2D eigenvalue weighted by atomic mass is 10.1. The molecule has 0 radical (unpaired) electrons. The van der Waals surface area contributed by atoms with Crippen LogP contribution in [-0.2, 0) is 20.9 Å². The number of aromatic nitrogens is 5. The Kier molecular flexibility index (Phi) is 5.67. The summed E-state index contributed by atoms with van der Waals surface area (Å²) in [5.41, 5.74) is 1.51. The van der Waals surface area contributed by atoms with E-state index in [1.165, 1.54) is 35.4 Å². The number of rotatable bonds is 7. The van der Waals surface area contributed by atoms with Gasteiger partial charge in [0.15, 0.2) is 5.82 Å². The summed E-state index contributed by atoms with van der Waals surface area (Å²) in [5.74, 6) is -2.78. The van der Waals surface area contributed by atoms with E-state index in [-0.39, 0.29) is 36.1 Å². The second-order valence-electron chi connectivity index (χ2n) is 7.43. The van der Waals surface area contributed by atoms with Crippen LogP contribution in [0, 0.1) is 5.82 Å². The fourth-order valence-electron chi connectivity index (χ4n) is 3.46. The van der Waals surface area contributed by atoms with Gasteiger partial charge in [-0.05, 0) is 24.3 Å². The van der Waals surface area contributed by atoms with Crippen LogP contribution in [0.4, 0.5) is 10.2 Å². The molecule has 0 saturated heterocycles. The number of nitrogens with zero attached hydrogens (tertiary/aromatic N) is 5. The fourth-order valence-corrected chi connectivity index (χ4v) is 3.46. The summed E-state index contributed by atoms with van der Waals surface area (Å²) in [6, 6.07) is 11.0. The molecule has 12 heteroatoms. The zero-order chi connectivity index (χ0) is 24.4. The standard InChI is InChI=1S/C23H16FN7O4/c24-15-4-2-1-3-13(15)12-31-18(16-7-10-35-30-16)11-17(29-31)21-25-9-6-19(27-21)28-23(34)20(32)14-5-8-26-22(14)33/h1-7,9-11H,8,12H2,(H,26,33)(H,25,27,28,34). The highest BCUT2D eigenvalue weighted by Gasteiger charge is 2.27. The highest BCUT2D eigenvalue weighted by atomic mass is 19.1. The molecule has 1 aliphatic heterocycles. The fraction of sp³-hybridized carbons (Fsp3) is 0.0870. The number of benzene rings is 1. The minimum atomic E-state index is -1.01. The number of carbonyl (C=O) groups excluding carboxylic acids is 3. The molecule has 1 aromatic carbocycles. The maximum Gasteiger partial charge on any atom is 0.298 e. The largest absolute Gasteiger partial charge is 0.364 e. The normalized spacial score (nSPS) is 12.8. The van der Waals surface area contributed by atoms with Crippen molar-refractivity contribution in [1.29, 1.82) is 0 Å². The van der Waals surface area contributed by atoms with Gasteiger partial charge in [0.2, 0.25) is 0 Å². The molecular formula is C23H16FN7O4. The van der Waals surface area contributed by atoms with Crippen molar-refractivity contribution in [2.45, 2.75) is 6.54 Å². The number of Topliss-reactive ketones (excluding diaryl/α,β-unsaturated/α-hetero) is 1. The van der Waals surface area contributed by atoms with Crippen LogP contribution in [0.1, 0.15) is 5.56 Å². The first-order valence-corrected chi connectivity index (χ1v) is 10.4. The topological polar surface area (TPSA) is 145 Å². The Morgan fingerprint density at radius 2 is 2.03 bits per heavy atom. The first-order valence-electron chi connectivity index (χ1n) is 10.4. The number of carbonyl (C=O) groups is 3. The predicted molar refractivity (Wildman–Crippen MR) is 119 cm³/mol. The van der Waals surface area contributed by atoms with Gasteiger partial charge in [-0.2, -0.15) is 5.10 Å². The summed E-state index contributed by atoms with van der Waals surface area (Å²) in [4.78, 5) is 44.7. The second kappa shape index (κ2) is 9.09. The van der Waals surface area contributed by atoms with E-state index in [1.54, 1.807) is 30.3 Å². The van der Waals surface area contributed by atoms with E-state index in [2.05, 4.69) is 30.9 Å². The van der Waals surface area contributed by atoms with E-state index >= 15 is 0 Å². The number of anilines is 1. The second-order valence-corrected chi connectivity index (χ2v) is 7.43. The Morgan fingerprint density at radius 3 is 2.77 bits per heavy atom. The molecule has 4 aromatic rings. The average molecular weight is 473 g/mol. The molecule has 0 aliphatic carbocycles. The number of nitrogens with one attached hydrogen (secondary N) is 2. The van der Waals surface area contributed by atoms with Crippen molar-refractivity contribution in [1.82, 2.24) is 30.2 Å². The molecule has 0 saturated carbocycles. The van der Waals surface area contributed by atoms with Gasteiger partial charge in [-0.15, -0.1) is 0 Å². The lowest BCUT2D eigenvalue weighted by molar-refractivity contribution is -0.134. The van der Waals surface area contributed by atoms with Gasteiger partial charge in [-0.25, -0.2) is 14.4 Å². The zero-order valence-corrected chi connectivity index (χ0v) is 17.9. The molecule has 35 heavy (non-hydrogen) atoms. The first kappa shape index (κ1) is 21.8. The quantitative estimate of drug-likeness (QED) is 0.305. The lowest BCUT2D eigenvalue weighted by Gasteiger charge is -2.06. The van der Waals surface area contributed by atoms with Crippen LogP contribution in [-0.4, -0.2) is 49.0 Å². The van der Waals surface area contributed by atoms with Gasteiger partial charge in [-0.3, -0.25) is 19.1 Å². The Bertz CT molecular complexity index is 1480. The monoisotopic (exact) mass is 473 g/mol. The molecule has 3 aromatic heterocycles. The van der Waals surface area contributed by atoms with Gasteiger partial charge in [0.1, 0.15) is 29.3 Å². The summed E-state index contributed by atoms with van der Waals surface area (Å²) >= 11 is 0. The summed E-state index contributed by atoms with van der Waals surface area (Å²) in [5, 5.41) is 13.2. The predicted octanol–water partition coefficient (Wildman–Crippen LogP) is 1.75. The van der Waals surface area contributed by atoms with E-state index in [1.807, 2.05) is 0 Å². The van der Waals surface area contributed by atoms with Crippen molar-refractivity contribution < 1.29 is 23.3 Å². The lowest BCUT2D eigenvalue weighted by Crippen LogP contribution is -2.29. The van der Waals surface area contributed by atoms with Crippen molar-refractivity contribution in [3.05, 3.63) is 78.0 Å². The molecular weight excluding hydrogens is 457 g/mol. The van der Waals surface area contributed by atoms with Crippen LogP contribution < -0.4 is 10.6 Å². The maximum atomic E-state index is 14.3. The van der Waals surface area contributed by atoms with Crippen LogP contribution in [0.2, 0.25) is 0 Å². The van der Waals surface area contributed by atoms with Gasteiger partial charge in [0, 0.05) is 24.4 Å². The molecule has 0 spiro atoms. The summed E-state index contributed by atoms with van der Waals surface area (Å²) in [7, 11) is 0. The van der Waals surface area contributed by atoms with Crippen molar-refractivity contribution in [3.63, 3.8) is 0 Å². The van der Waals surface area contributed by atoms with E-state index in [0.717, 1.165) is 0 Å². The Labute approximate surface area is 196 Å². The molecule has 2 N–H and O–H groups in total. The molecule has 1 aliphatic rings. The van der Waals surface area contributed by atoms with Crippen molar-refractivity contribution >= 4 is 23.4 Å². The van der Waals surface area contributed by atoms with Crippen LogP contribution in [0.3, 0.4) is 0 Å². The van der Waals surface area contributed by atoms with Gasteiger partial charge < -0.3 is 15.2 Å². The number of halogens is 1. The van der Waals surface area contributed by atoms with Crippen LogP contribution in [0.5, 0.6) is 0 Å². The minimum absolute atomic E-state index is 0.0407. The van der Waals surface area contributed by atoms with E-state index in [4.69, 9.17) is 4.52 Å². The van der Waals surface area contributed by atoms with Gasteiger partial charge in [0.25, 0.3) is 17.6 Å². The van der Waals surface area contributed by atoms with E-state index < -0.39 is 17.6 Å². The van der Waals surface area contributed by atoms with Gasteiger partial charge in [-0.1, -0.05) is 23.4 Å². The zero-order valence-electron chi connectivity index (χ0n) is 17.9. The van der Waals surface area contributed by atoms with Crippen LogP contribution >= 0.6 is 0 Å². The Morgan fingerprint density at radius 1 is 1.17 bits per heavy atom. The summed E-state index contributed by atoms with van der Waals surface area (Å²) in [6.07, 6.45) is 4.14. The minimum Gasteiger partial charge on any atom is -0.364 e. The molecule has 0 bridgehead atoms. The number of amides is 2. The Balaban J connectivity index is 1.43. The summed E-state index contributed by atoms with van der Waals surface area (Å²) in [6.45, 7) is 0.297. The van der Waals surface area contributed by atoms with E-state index in [0.29, 0.717) is 22.6 Å². The van der Waals surface area contributed by atoms with Crippen molar-refractivity contribution in [2.24, 2.45) is 0 Å². The van der Waals surface area contributed by atoms with Gasteiger partial charge in [0.05, 0.1) is 17.8 Å². The molecule has 2 amide bonds. The molecule has 4 heterocycles. The molecule has 11 nitrogen and oxygen atoms in total. The first-order chi connectivity index (χ1) is 17.0. The molecule has 174 valence electrons.